The average molecular weight is 542 g/mol. The summed E-state index contributed by atoms with van der Waals surface area (Å²) >= 11 is 0. The molecule has 2 aromatic rings. The molecule has 1 aliphatic heterocycles. The van der Waals surface area contributed by atoms with Crippen LogP contribution >= 0.6 is 0 Å². The summed E-state index contributed by atoms with van der Waals surface area (Å²) < 4.78 is 17.1. The highest BCUT2D eigenvalue weighted by Crippen LogP contribution is 2.52. The first-order valence-electron chi connectivity index (χ1n) is 12.8. The van der Waals surface area contributed by atoms with E-state index in [-0.39, 0.29) is 47.3 Å². The van der Waals surface area contributed by atoms with Gasteiger partial charge in [0.2, 0.25) is 5.78 Å². The van der Waals surface area contributed by atoms with E-state index in [1.54, 1.807) is 13.8 Å². The Morgan fingerprint density at radius 2 is 1.85 bits per heavy atom. The van der Waals surface area contributed by atoms with Crippen molar-refractivity contribution in [3.63, 3.8) is 0 Å². The van der Waals surface area contributed by atoms with Crippen LogP contribution in [0.4, 0.5) is 0 Å². The monoisotopic (exact) mass is 541 g/mol. The van der Waals surface area contributed by atoms with Crippen molar-refractivity contribution >= 4 is 17.3 Å². The Bertz CT molecular complexity index is 1380. The Morgan fingerprint density at radius 1 is 1.15 bits per heavy atom. The molecule has 39 heavy (non-hydrogen) atoms. The zero-order valence-electron chi connectivity index (χ0n) is 21.8. The van der Waals surface area contributed by atoms with E-state index in [1.165, 1.54) is 25.3 Å². The SMILES string of the molecule is CCC(=O)[C@]1(O)Cc2c(O)c3c(c(O)c2[C@@H](O[C@@H]2CC(N)C(O)[C@@H](C)O2)C1)C(=O)c1c(OC)cccc1C3=O. The van der Waals surface area contributed by atoms with Gasteiger partial charge in [0.05, 0.1) is 42.1 Å². The van der Waals surface area contributed by atoms with Crippen molar-refractivity contribution in [1.82, 2.24) is 0 Å². The van der Waals surface area contributed by atoms with E-state index in [1.807, 2.05) is 0 Å². The predicted octanol–water partition coefficient (Wildman–Crippen LogP) is 1.42. The Labute approximate surface area is 224 Å². The fourth-order valence-electron chi connectivity index (χ4n) is 5.93. The molecular weight excluding hydrogens is 510 g/mol. The van der Waals surface area contributed by atoms with Gasteiger partial charge in [-0.3, -0.25) is 14.4 Å². The first-order chi connectivity index (χ1) is 18.4. The van der Waals surface area contributed by atoms with Gasteiger partial charge < -0.3 is 40.4 Å². The standard InChI is InChI=1S/C28H31NO10/c1-4-17(30)28(36)9-13-20(16(10-28)39-18-8-14(29)23(31)11(2)38-18)27(35)22-21(25(13)33)24(32)12-6-5-7-15(37-3)19(12)26(22)34/h5-7,11,14,16,18,23,31,33,35-36H,4,8-10,29H2,1-3H3/t11-,14?,16+,18-,23?,28+/m1/s1. The predicted molar refractivity (Wildman–Crippen MR) is 135 cm³/mol. The van der Waals surface area contributed by atoms with Crippen molar-refractivity contribution in [2.75, 3.05) is 7.11 Å². The number of carbonyl (C=O) groups excluding carboxylic acids is 3. The number of phenols is 2. The smallest absolute Gasteiger partial charge is 0.202 e. The highest BCUT2D eigenvalue weighted by molar-refractivity contribution is 6.31. The van der Waals surface area contributed by atoms with E-state index in [0.717, 1.165) is 0 Å². The van der Waals surface area contributed by atoms with E-state index < -0.39 is 82.6 Å². The minimum Gasteiger partial charge on any atom is -0.507 e. The molecule has 0 spiro atoms. The first kappa shape index (κ1) is 27.2. The lowest BCUT2D eigenvalue weighted by Crippen LogP contribution is -2.52. The third-order valence-corrected chi connectivity index (χ3v) is 7.98. The zero-order valence-corrected chi connectivity index (χ0v) is 21.8. The normalized spacial score (nSPS) is 29.8. The summed E-state index contributed by atoms with van der Waals surface area (Å²) in [5, 5.41) is 44.5. The molecule has 6 N–H and O–H groups in total. The van der Waals surface area contributed by atoms with Crippen LogP contribution in [0.1, 0.15) is 82.2 Å². The van der Waals surface area contributed by atoms with Crippen molar-refractivity contribution in [2.45, 2.75) is 75.8 Å². The number of hydrogen-bond donors (Lipinski definition) is 5. The van der Waals surface area contributed by atoms with Crippen molar-refractivity contribution in [3.8, 4) is 17.2 Å². The van der Waals surface area contributed by atoms with E-state index in [2.05, 4.69) is 0 Å². The highest BCUT2D eigenvalue weighted by Gasteiger charge is 2.49. The van der Waals surface area contributed by atoms with Crippen molar-refractivity contribution in [3.05, 3.63) is 51.6 Å². The molecule has 1 heterocycles. The van der Waals surface area contributed by atoms with Gasteiger partial charge in [-0.2, -0.15) is 0 Å². The minimum absolute atomic E-state index is 0.0119. The maximum Gasteiger partial charge on any atom is 0.202 e. The van der Waals surface area contributed by atoms with Crippen LogP contribution in [-0.2, 0) is 20.7 Å². The Kier molecular flexibility index (Phi) is 6.76. The summed E-state index contributed by atoms with van der Waals surface area (Å²) in [7, 11) is 1.34. The molecule has 3 aliphatic rings. The van der Waals surface area contributed by atoms with Crippen molar-refractivity contribution in [2.24, 2.45) is 5.73 Å². The van der Waals surface area contributed by atoms with Crippen molar-refractivity contribution < 1.29 is 49.0 Å². The molecule has 5 rings (SSSR count). The highest BCUT2D eigenvalue weighted by atomic mass is 16.7. The van der Waals surface area contributed by atoms with Gasteiger partial charge in [0, 0.05) is 48.4 Å². The van der Waals surface area contributed by atoms with Crippen LogP contribution in [0.25, 0.3) is 0 Å². The summed E-state index contributed by atoms with van der Waals surface area (Å²) in [4.78, 5) is 40.1. The van der Waals surface area contributed by atoms with E-state index in [9.17, 15) is 34.8 Å². The lowest BCUT2D eigenvalue weighted by atomic mass is 9.71. The summed E-state index contributed by atoms with van der Waals surface area (Å²) in [6, 6.07) is 3.76. The molecule has 11 heteroatoms. The summed E-state index contributed by atoms with van der Waals surface area (Å²) in [5.41, 5.74) is 3.03. The zero-order chi connectivity index (χ0) is 28.4. The Balaban J connectivity index is 1.69. The maximum atomic E-state index is 13.7. The largest absolute Gasteiger partial charge is 0.507 e. The van der Waals surface area contributed by atoms with Gasteiger partial charge in [-0.1, -0.05) is 19.1 Å². The molecule has 0 amide bonds. The molecule has 2 aromatic carbocycles. The number of methoxy groups -OCH3 is 1. The number of aromatic hydroxyl groups is 2. The molecule has 0 radical (unpaired) electrons. The number of aliphatic hydroxyl groups is 2. The quantitative estimate of drug-likeness (QED) is 0.294. The third kappa shape index (κ3) is 4.12. The summed E-state index contributed by atoms with van der Waals surface area (Å²) in [6.45, 7) is 3.19. The maximum absolute atomic E-state index is 13.7. The van der Waals surface area contributed by atoms with Crippen LogP contribution in [-0.4, -0.2) is 75.0 Å². The number of phenolic OH excluding ortho intramolecular Hbond substituents is 2. The topological polar surface area (TPSA) is 186 Å². The van der Waals surface area contributed by atoms with Gasteiger partial charge in [0.15, 0.2) is 17.9 Å². The number of fused-ring (bicyclic) bond motifs is 3. The molecule has 6 atom stereocenters. The number of hydrogen-bond acceptors (Lipinski definition) is 11. The molecule has 2 unspecified atom stereocenters. The molecule has 0 saturated carbocycles. The second kappa shape index (κ2) is 9.68. The lowest BCUT2D eigenvalue weighted by Gasteiger charge is -2.42. The summed E-state index contributed by atoms with van der Waals surface area (Å²) in [6.07, 6.45) is -4.53. The van der Waals surface area contributed by atoms with Crippen LogP contribution in [0.2, 0.25) is 0 Å². The second-order valence-electron chi connectivity index (χ2n) is 10.4. The number of ketones is 3. The van der Waals surface area contributed by atoms with Crippen LogP contribution < -0.4 is 10.5 Å². The van der Waals surface area contributed by atoms with E-state index in [0.29, 0.717) is 0 Å². The number of benzene rings is 2. The van der Waals surface area contributed by atoms with E-state index >= 15 is 0 Å². The number of ether oxygens (including phenoxy) is 3. The number of aliphatic hydroxyl groups excluding tert-OH is 1. The van der Waals surface area contributed by atoms with Gasteiger partial charge in [0.1, 0.15) is 22.8 Å². The van der Waals surface area contributed by atoms with Crippen LogP contribution in [0.15, 0.2) is 18.2 Å². The van der Waals surface area contributed by atoms with Crippen LogP contribution in [0.3, 0.4) is 0 Å². The second-order valence-corrected chi connectivity index (χ2v) is 10.4. The first-order valence-corrected chi connectivity index (χ1v) is 12.8. The molecule has 208 valence electrons. The van der Waals surface area contributed by atoms with Gasteiger partial charge in [0.25, 0.3) is 0 Å². The van der Waals surface area contributed by atoms with Gasteiger partial charge >= 0.3 is 0 Å². The van der Waals surface area contributed by atoms with Gasteiger partial charge in [-0.15, -0.1) is 0 Å². The fourth-order valence-corrected chi connectivity index (χ4v) is 5.93. The van der Waals surface area contributed by atoms with E-state index in [4.69, 9.17) is 19.9 Å². The molecule has 0 bridgehead atoms. The minimum atomic E-state index is -1.99. The van der Waals surface area contributed by atoms with Gasteiger partial charge in [-0.25, -0.2) is 0 Å². The third-order valence-electron chi connectivity index (χ3n) is 7.98. The van der Waals surface area contributed by atoms with Crippen LogP contribution in [0.5, 0.6) is 17.2 Å². The molecule has 1 fully saturated rings. The molecule has 1 saturated heterocycles. The van der Waals surface area contributed by atoms with Gasteiger partial charge in [-0.05, 0) is 13.0 Å². The number of carbonyl (C=O) groups is 3. The number of Topliss-reactive ketones (excluding diaryl/α,β-unsaturated/α-hetero) is 1. The molecular formula is C28H31NO10. The molecule has 11 nitrogen and oxygen atoms in total. The fraction of sp³-hybridized carbons (Fsp3) is 0.464. The average Bonchev–Trinajstić information content (AvgIpc) is 2.90. The molecule has 0 aromatic heterocycles. The molecule has 2 aliphatic carbocycles. The van der Waals surface area contributed by atoms with Crippen molar-refractivity contribution in [1.29, 1.82) is 0 Å². The number of nitrogens with two attached hydrogens (primary N) is 1. The number of rotatable bonds is 5. The Hall–Kier alpha value is -3.35. The summed E-state index contributed by atoms with van der Waals surface area (Å²) in [5.74, 6) is -3.07. The van der Waals surface area contributed by atoms with Crippen LogP contribution in [0, 0.1) is 0 Å². The lowest BCUT2D eigenvalue weighted by molar-refractivity contribution is -0.247. The Morgan fingerprint density at radius 3 is 2.49 bits per heavy atom.